The molecule has 0 saturated heterocycles. The summed E-state index contributed by atoms with van der Waals surface area (Å²) >= 11 is 11.3. The van der Waals surface area contributed by atoms with E-state index in [4.69, 9.17) is 46.9 Å². The third-order valence-corrected chi connectivity index (χ3v) is 5.62. The van der Waals surface area contributed by atoms with E-state index in [0.29, 0.717) is 33.0 Å². The van der Waals surface area contributed by atoms with Crippen molar-refractivity contribution < 1.29 is 23.7 Å². The molecule has 0 fully saturated rings. The molecule has 0 bridgehead atoms. The van der Waals surface area contributed by atoms with E-state index in [1.807, 2.05) is 19.1 Å². The summed E-state index contributed by atoms with van der Waals surface area (Å²) in [5.41, 5.74) is 2.17. The molecule has 0 heterocycles. The van der Waals surface area contributed by atoms with Gasteiger partial charge in [0, 0.05) is 13.2 Å². The van der Waals surface area contributed by atoms with Gasteiger partial charge in [0.05, 0.1) is 19.3 Å². The van der Waals surface area contributed by atoms with Gasteiger partial charge < -0.3 is 23.7 Å². The smallest absolute Gasteiger partial charge is 0.180 e. The first-order chi connectivity index (χ1) is 16.4. The van der Waals surface area contributed by atoms with Crippen molar-refractivity contribution in [1.82, 2.24) is 0 Å². The molecule has 0 spiro atoms. The van der Waals surface area contributed by atoms with Gasteiger partial charge in [0.2, 0.25) is 0 Å². The van der Waals surface area contributed by atoms with Crippen LogP contribution in [0.1, 0.15) is 77.3 Å². The Labute approximate surface area is 217 Å². The van der Waals surface area contributed by atoms with E-state index >= 15 is 0 Å². The molecule has 1 aromatic carbocycles. The fourth-order valence-electron chi connectivity index (χ4n) is 3.30. The van der Waals surface area contributed by atoms with E-state index < -0.39 is 0 Å². The van der Waals surface area contributed by atoms with Crippen LogP contribution in [-0.2, 0) is 20.6 Å². The van der Waals surface area contributed by atoms with Gasteiger partial charge in [-0.2, -0.15) is 0 Å². The van der Waals surface area contributed by atoms with Crippen LogP contribution in [0.4, 0.5) is 0 Å². The van der Waals surface area contributed by atoms with Gasteiger partial charge in [-0.1, -0.05) is 56.8 Å². The second kappa shape index (κ2) is 19.2. The quantitative estimate of drug-likeness (QED) is 0.130. The molecule has 0 aliphatic carbocycles. The zero-order chi connectivity index (χ0) is 25.2. The van der Waals surface area contributed by atoms with Crippen molar-refractivity contribution in [1.29, 1.82) is 0 Å². The largest absolute Gasteiger partial charge is 0.493 e. The van der Waals surface area contributed by atoms with E-state index in [9.17, 15) is 0 Å². The molecular formula is C27H44Cl2O5. The molecule has 7 heteroatoms. The summed E-state index contributed by atoms with van der Waals surface area (Å²) in [7, 11) is 0. The third kappa shape index (κ3) is 13.8. The highest BCUT2D eigenvalue weighted by Gasteiger charge is 2.13. The molecule has 1 rings (SSSR count). The van der Waals surface area contributed by atoms with Crippen LogP contribution in [0.3, 0.4) is 0 Å². The van der Waals surface area contributed by atoms with E-state index in [1.165, 1.54) is 0 Å². The van der Waals surface area contributed by atoms with Crippen molar-refractivity contribution in [2.75, 3.05) is 33.0 Å². The maximum Gasteiger partial charge on any atom is 0.180 e. The van der Waals surface area contributed by atoms with Gasteiger partial charge >= 0.3 is 0 Å². The van der Waals surface area contributed by atoms with Crippen molar-refractivity contribution in [2.45, 2.75) is 92.0 Å². The van der Waals surface area contributed by atoms with Gasteiger partial charge in [0.1, 0.15) is 22.6 Å². The third-order valence-electron chi connectivity index (χ3n) is 5.32. The standard InChI is InChI=1S/C27H44Cl2O5/c1-6-9-14-31-26(32-15-10-7-2)20-34-22(5)12-11-16-33-27-21(4)18-24(19-23(27)8-3)30-17-13-25(28)29/h13,18-19,22,26H,6-12,14-17,20H2,1-5H3. The Balaban J connectivity index is 2.45. The molecule has 0 saturated carbocycles. The average Bonchev–Trinajstić information content (AvgIpc) is 2.80. The Kier molecular flexibility index (Phi) is 17.6. The molecule has 0 aliphatic rings. The van der Waals surface area contributed by atoms with Crippen LogP contribution >= 0.6 is 23.2 Å². The van der Waals surface area contributed by atoms with Crippen LogP contribution in [0.5, 0.6) is 11.5 Å². The van der Waals surface area contributed by atoms with Crippen molar-refractivity contribution in [2.24, 2.45) is 0 Å². The minimum atomic E-state index is -0.289. The van der Waals surface area contributed by atoms with Crippen molar-refractivity contribution in [3.63, 3.8) is 0 Å². The zero-order valence-corrected chi connectivity index (χ0v) is 23.2. The van der Waals surface area contributed by atoms with Gasteiger partial charge in [-0.25, -0.2) is 0 Å². The van der Waals surface area contributed by atoms with Gasteiger partial charge in [0.25, 0.3) is 0 Å². The summed E-state index contributed by atoms with van der Waals surface area (Å²) in [5, 5.41) is 0. The monoisotopic (exact) mass is 518 g/mol. The zero-order valence-electron chi connectivity index (χ0n) is 21.7. The van der Waals surface area contributed by atoms with Gasteiger partial charge in [-0.3, -0.25) is 0 Å². The van der Waals surface area contributed by atoms with Crippen LogP contribution in [0.15, 0.2) is 22.7 Å². The molecule has 0 amide bonds. The topological polar surface area (TPSA) is 46.2 Å². The summed E-state index contributed by atoms with van der Waals surface area (Å²) in [6.45, 7) is 13.4. The first-order valence-corrected chi connectivity index (χ1v) is 13.4. The molecule has 0 aromatic heterocycles. The number of rotatable bonds is 20. The Hall–Kier alpha value is -0.980. The average molecular weight is 520 g/mol. The fourth-order valence-corrected chi connectivity index (χ4v) is 3.42. The van der Waals surface area contributed by atoms with Crippen LogP contribution in [0.2, 0.25) is 0 Å². The number of halogens is 2. The van der Waals surface area contributed by atoms with Crippen LogP contribution < -0.4 is 9.47 Å². The van der Waals surface area contributed by atoms with Crippen LogP contribution in [0.25, 0.3) is 0 Å². The molecule has 34 heavy (non-hydrogen) atoms. The molecule has 0 N–H and O–H groups in total. The predicted octanol–water partition coefficient (Wildman–Crippen LogP) is 7.78. The summed E-state index contributed by atoms with van der Waals surface area (Å²) in [5.74, 6) is 1.72. The van der Waals surface area contributed by atoms with Crippen LogP contribution in [-0.4, -0.2) is 45.4 Å². The number of hydrogen-bond donors (Lipinski definition) is 0. The molecule has 5 nitrogen and oxygen atoms in total. The number of aryl methyl sites for hydroxylation is 2. The van der Waals surface area contributed by atoms with E-state index in [-0.39, 0.29) is 16.9 Å². The molecule has 1 unspecified atom stereocenters. The Morgan fingerprint density at radius 1 is 0.912 bits per heavy atom. The minimum Gasteiger partial charge on any atom is -0.493 e. The van der Waals surface area contributed by atoms with E-state index in [1.54, 1.807) is 6.08 Å². The van der Waals surface area contributed by atoms with Crippen molar-refractivity contribution in [3.05, 3.63) is 33.8 Å². The maximum absolute atomic E-state index is 6.15. The minimum absolute atomic E-state index is 0.111. The second-order valence-electron chi connectivity index (χ2n) is 8.40. The maximum atomic E-state index is 6.15. The van der Waals surface area contributed by atoms with E-state index in [2.05, 4.69) is 27.7 Å². The highest BCUT2D eigenvalue weighted by molar-refractivity contribution is 6.55. The summed E-state index contributed by atoms with van der Waals surface area (Å²) in [4.78, 5) is 0. The van der Waals surface area contributed by atoms with Crippen molar-refractivity contribution in [3.8, 4) is 11.5 Å². The van der Waals surface area contributed by atoms with Gasteiger partial charge in [-0.05, 0) is 75.3 Å². The lowest BCUT2D eigenvalue weighted by Crippen LogP contribution is -2.27. The molecule has 0 aliphatic heterocycles. The molecule has 0 radical (unpaired) electrons. The Morgan fingerprint density at radius 2 is 1.59 bits per heavy atom. The molecule has 1 aromatic rings. The normalized spacial score (nSPS) is 12.1. The number of hydrogen-bond acceptors (Lipinski definition) is 5. The lowest BCUT2D eigenvalue weighted by Gasteiger charge is -2.21. The van der Waals surface area contributed by atoms with Gasteiger partial charge in [0.15, 0.2) is 6.29 Å². The van der Waals surface area contributed by atoms with Gasteiger partial charge in [-0.15, -0.1) is 0 Å². The molecule has 1 atom stereocenters. The van der Waals surface area contributed by atoms with Crippen molar-refractivity contribution >= 4 is 23.2 Å². The molecular weight excluding hydrogens is 475 g/mol. The first-order valence-electron chi connectivity index (χ1n) is 12.7. The Morgan fingerprint density at radius 3 is 2.18 bits per heavy atom. The summed E-state index contributed by atoms with van der Waals surface area (Å²) < 4.78 is 29.8. The SMILES string of the molecule is CCCCOC(COC(C)CCCOc1c(C)cc(OCC=C(Cl)Cl)cc1CC)OCCCC. The predicted molar refractivity (Wildman–Crippen MR) is 141 cm³/mol. The number of benzene rings is 1. The number of unbranched alkanes of at least 4 members (excludes halogenated alkanes) is 2. The highest BCUT2D eigenvalue weighted by Crippen LogP contribution is 2.30. The lowest BCUT2D eigenvalue weighted by atomic mass is 10.1. The highest BCUT2D eigenvalue weighted by atomic mass is 35.5. The summed E-state index contributed by atoms with van der Waals surface area (Å²) in [6, 6.07) is 3.99. The summed E-state index contributed by atoms with van der Waals surface area (Å²) in [6.07, 6.45) is 8.39. The second-order valence-corrected chi connectivity index (χ2v) is 9.41. The Bertz CT molecular complexity index is 682. The van der Waals surface area contributed by atoms with E-state index in [0.717, 1.165) is 67.6 Å². The van der Waals surface area contributed by atoms with Crippen LogP contribution in [0, 0.1) is 6.92 Å². The number of ether oxygens (including phenoxy) is 5. The molecule has 196 valence electrons. The first kappa shape index (κ1) is 31.1. The fraction of sp³-hybridized carbons (Fsp3) is 0.704. The lowest BCUT2D eigenvalue weighted by molar-refractivity contribution is -0.181.